The molecule has 0 spiro atoms. The SMILES string of the molecule is CCNS(=O)(=O)c1ccc([C@@H](CC2CCOCC2)C(=O)Nc2ccncn2)cc1. The number of benzene rings is 1. The highest BCUT2D eigenvalue weighted by Crippen LogP contribution is 2.31. The molecule has 156 valence electrons. The van der Waals surface area contributed by atoms with E-state index in [0.29, 0.717) is 37.9 Å². The van der Waals surface area contributed by atoms with E-state index in [1.165, 1.54) is 6.33 Å². The molecule has 29 heavy (non-hydrogen) atoms. The lowest BCUT2D eigenvalue weighted by Gasteiger charge is -2.26. The summed E-state index contributed by atoms with van der Waals surface area (Å²) >= 11 is 0. The van der Waals surface area contributed by atoms with Gasteiger partial charge < -0.3 is 10.1 Å². The molecule has 9 heteroatoms. The average Bonchev–Trinajstić information content (AvgIpc) is 2.73. The fourth-order valence-corrected chi connectivity index (χ4v) is 4.48. The van der Waals surface area contributed by atoms with Crippen molar-refractivity contribution in [1.29, 1.82) is 0 Å². The Morgan fingerprint density at radius 3 is 2.55 bits per heavy atom. The van der Waals surface area contributed by atoms with Crippen LogP contribution in [0.15, 0.2) is 47.8 Å². The minimum Gasteiger partial charge on any atom is -0.381 e. The summed E-state index contributed by atoms with van der Waals surface area (Å²) in [6.07, 6.45) is 5.42. The van der Waals surface area contributed by atoms with Crippen molar-refractivity contribution in [2.75, 3.05) is 25.1 Å². The van der Waals surface area contributed by atoms with E-state index in [1.807, 2.05) is 0 Å². The van der Waals surface area contributed by atoms with Gasteiger partial charge in [0.2, 0.25) is 15.9 Å². The van der Waals surface area contributed by atoms with Gasteiger partial charge in [0.1, 0.15) is 12.1 Å². The number of ether oxygens (including phenoxy) is 1. The summed E-state index contributed by atoms with van der Waals surface area (Å²) in [5.41, 5.74) is 0.776. The normalized spacial score (nSPS) is 16.3. The Kier molecular flexibility index (Phi) is 7.29. The summed E-state index contributed by atoms with van der Waals surface area (Å²) in [6.45, 7) is 3.45. The minimum atomic E-state index is -3.53. The van der Waals surface area contributed by atoms with E-state index < -0.39 is 15.9 Å². The number of anilines is 1. The van der Waals surface area contributed by atoms with Crippen molar-refractivity contribution in [2.45, 2.75) is 37.0 Å². The Morgan fingerprint density at radius 1 is 1.21 bits per heavy atom. The first kappa shape index (κ1) is 21.4. The van der Waals surface area contributed by atoms with Gasteiger partial charge in [-0.05, 0) is 48.9 Å². The molecule has 2 N–H and O–H groups in total. The number of nitrogens with one attached hydrogen (secondary N) is 2. The number of hydrogen-bond donors (Lipinski definition) is 2. The fourth-order valence-electron chi connectivity index (χ4n) is 3.44. The van der Waals surface area contributed by atoms with Gasteiger partial charge in [-0.25, -0.2) is 23.1 Å². The number of nitrogens with zero attached hydrogens (tertiary/aromatic N) is 2. The zero-order chi connectivity index (χ0) is 20.7. The van der Waals surface area contributed by atoms with Gasteiger partial charge in [-0.15, -0.1) is 0 Å². The van der Waals surface area contributed by atoms with E-state index in [-0.39, 0.29) is 10.8 Å². The molecule has 1 aromatic carbocycles. The number of sulfonamides is 1. The lowest BCUT2D eigenvalue weighted by atomic mass is 9.84. The molecular formula is C20H26N4O4S. The first-order chi connectivity index (χ1) is 14.0. The zero-order valence-corrected chi connectivity index (χ0v) is 17.2. The maximum absolute atomic E-state index is 13.0. The van der Waals surface area contributed by atoms with E-state index in [1.54, 1.807) is 43.5 Å². The third-order valence-electron chi connectivity index (χ3n) is 4.99. The van der Waals surface area contributed by atoms with Crippen molar-refractivity contribution in [2.24, 2.45) is 5.92 Å². The largest absolute Gasteiger partial charge is 0.381 e. The van der Waals surface area contributed by atoms with Crippen LogP contribution in [0.2, 0.25) is 0 Å². The Morgan fingerprint density at radius 2 is 1.93 bits per heavy atom. The van der Waals surface area contributed by atoms with Crippen molar-refractivity contribution in [1.82, 2.24) is 14.7 Å². The Labute approximate surface area is 171 Å². The van der Waals surface area contributed by atoms with Crippen LogP contribution in [0.1, 0.15) is 37.7 Å². The van der Waals surface area contributed by atoms with Gasteiger partial charge in [0.25, 0.3) is 0 Å². The summed E-state index contributed by atoms with van der Waals surface area (Å²) < 4.78 is 32.3. The standard InChI is InChI=1S/C20H26N4O4S/c1-2-23-29(26,27)17-5-3-16(4-6-17)18(13-15-8-11-28-12-9-15)20(25)24-19-7-10-21-14-22-19/h3-7,10,14-15,18,23H,2,8-9,11-13H2,1H3,(H,21,22,24,25)/t18-/m1/s1. The molecule has 1 aromatic heterocycles. The van der Waals surface area contributed by atoms with E-state index in [4.69, 9.17) is 4.74 Å². The van der Waals surface area contributed by atoms with Crippen molar-refractivity contribution in [3.05, 3.63) is 48.4 Å². The second kappa shape index (κ2) is 9.91. The molecule has 3 rings (SSSR count). The Hall–Kier alpha value is -2.36. The molecule has 1 saturated heterocycles. The summed E-state index contributed by atoms with van der Waals surface area (Å²) in [6, 6.07) is 8.15. The van der Waals surface area contributed by atoms with Crippen LogP contribution in [-0.4, -0.2) is 44.1 Å². The molecule has 0 bridgehead atoms. The predicted molar refractivity (Wildman–Crippen MR) is 109 cm³/mol. The molecule has 1 amide bonds. The summed E-state index contributed by atoms with van der Waals surface area (Å²) in [4.78, 5) is 21.1. The molecule has 8 nitrogen and oxygen atoms in total. The lowest BCUT2D eigenvalue weighted by molar-refractivity contribution is -0.118. The van der Waals surface area contributed by atoms with Gasteiger partial charge in [-0.1, -0.05) is 19.1 Å². The molecule has 0 aliphatic carbocycles. The molecule has 1 atom stereocenters. The third-order valence-corrected chi connectivity index (χ3v) is 6.55. The van der Waals surface area contributed by atoms with Crippen LogP contribution in [0, 0.1) is 5.92 Å². The monoisotopic (exact) mass is 418 g/mol. The topological polar surface area (TPSA) is 110 Å². The number of rotatable bonds is 8. The smallest absolute Gasteiger partial charge is 0.240 e. The minimum absolute atomic E-state index is 0.169. The first-order valence-electron chi connectivity index (χ1n) is 9.74. The average molecular weight is 419 g/mol. The fraction of sp³-hybridized carbons (Fsp3) is 0.450. The second-order valence-electron chi connectivity index (χ2n) is 7.00. The zero-order valence-electron chi connectivity index (χ0n) is 16.4. The molecule has 0 unspecified atom stereocenters. The summed E-state index contributed by atoms with van der Waals surface area (Å²) in [7, 11) is -3.53. The van der Waals surface area contributed by atoms with Crippen LogP contribution >= 0.6 is 0 Å². The van der Waals surface area contributed by atoms with Crippen LogP contribution in [0.25, 0.3) is 0 Å². The van der Waals surface area contributed by atoms with Gasteiger partial charge in [0.15, 0.2) is 0 Å². The molecule has 2 heterocycles. The highest BCUT2D eigenvalue weighted by atomic mass is 32.2. The van der Waals surface area contributed by atoms with Crippen molar-refractivity contribution >= 4 is 21.7 Å². The second-order valence-corrected chi connectivity index (χ2v) is 8.77. The van der Waals surface area contributed by atoms with E-state index >= 15 is 0 Å². The molecule has 0 radical (unpaired) electrons. The van der Waals surface area contributed by atoms with Crippen LogP contribution in [0.5, 0.6) is 0 Å². The van der Waals surface area contributed by atoms with Crippen LogP contribution in [0.3, 0.4) is 0 Å². The Balaban J connectivity index is 1.82. The Bertz CT molecular complexity index is 898. The highest BCUT2D eigenvalue weighted by Gasteiger charge is 2.27. The first-order valence-corrected chi connectivity index (χ1v) is 11.2. The maximum Gasteiger partial charge on any atom is 0.240 e. The van der Waals surface area contributed by atoms with Crippen LogP contribution in [0.4, 0.5) is 5.82 Å². The van der Waals surface area contributed by atoms with Gasteiger partial charge in [-0.3, -0.25) is 4.79 Å². The van der Waals surface area contributed by atoms with Gasteiger partial charge in [0, 0.05) is 26.0 Å². The van der Waals surface area contributed by atoms with Crippen LogP contribution in [-0.2, 0) is 19.6 Å². The number of carbonyl (C=O) groups excluding carboxylic acids is 1. The van der Waals surface area contributed by atoms with Gasteiger partial charge in [-0.2, -0.15) is 0 Å². The molecule has 1 aliphatic heterocycles. The van der Waals surface area contributed by atoms with E-state index in [0.717, 1.165) is 18.4 Å². The molecular weight excluding hydrogens is 392 g/mol. The van der Waals surface area contributed by atoms with Crippen molar-refractivity contribution < 1.29 is 17.9 Å². The van der Waals surface area contributed by atoms with Crippen molar-refractivity contribution in [3.63, 3.8) is 0 Å². The molecule has 1 aliphatic rings. The third kappa shape index (κ3) is 5.81. The quantitative estimate of drug-likeness (QED) is 0.681. The van der Waals surface area contributed by atoms with Gasteiger partial charge in [0.05, 0.1) is 10.8 Å². The van der Waals surface area contributed by atoms with Crippen LogP contribution < -0.4 is 10.0 Å². The maximum atomic E-state index is 13.0. The van der Waals surface area contributed by atoms with Crippen molar-refractivity contribution in [3.8, 4) is 0 Å². The highest BCUT2D eigenvalue weighted by molar-refractivity contribution is 7.89. The summed E-state index contributed by atoms with van der Waals surface area (Å²) in [5, 5.41) is 2.84. The number of hydrogen-bond acceptors (Lipinski definition) is 6. The number of carbonyl (C=O) groups is 1. The molecule has 0 saturated carbocycles. The van der Waals surface area contributed by atoms with E-state index in [9.17, 15) is 13.2 Å². The molecule has 1 fully saturated rings. The molecule has 2 aromatic rings. The number of amides is 1. The number of aromatic nitrogens is 2. The summed E-state index contributed by atoms with van der Waals surface area (Å²) in [5.74, 6) is 0.227. The van der Waals surface area contributed by atoms with E-state index in [2.05, 4.69) is 20.0 Å². The lowest BCUT2D eigenvalue weighted by Crippen LogP contribution is -2.26. The predicted octanol–water partition coefficient (Wildman–Crippen LogP) is 2.31. The van der Waals surface area contributed by atoms with Gasteiger partial charge >= 0.3 is 0 Å².